The number of rotatable bonds is 4. The van der Waals surface area contributed by atoms with Crippen molar-refractivity contribution in [2.45, 2.75) is 0 Å². The monoisotopic (exact) mass is 521 g/mol. The highest BCUT2D eigenvalue weighted by Crippen LogP contribution is 2.43. The summed E-state index contributed by atoms with van der Waals surface area (Å²) >= 11 is 0. The Kier molecular flexibility index (Phi) is 5.53. The number of hydrogen-bond acceptors (Lipinski definition) is 1. The fourth-order valence-corrected chi connectivity index (χ4v) is 6.14. The van der Waals surface area contributed by atoms with E-state index >= 15 is 0 Å². The Morgan fingerprint density at radius 1 is 0.293 bits per heavy atom. The first kappa shape index (κ1) is 23.5. The molecule has 0 fully saturated rings. The van der Waals surface area contributed by atoms with Gasteiger partial charge in [0.25, 0.3) is 0 Å². The molecular formula is C40H27N. The van der Waals surface area contributed by atoms with E-state index in [1.807, 2.05) is 0 Å². The number of anilines is 3. The van der Waals surface area contributed by atoms with Crippen LogP contribution in [-0.4, -0.2) is 0 Å². The van der Waals surface area contributed by atoms with Gasteiger partial charge in [-0.2, -0.15) is 0 Å². The topological polar surface area (TPSA) is 3.24 Å². The van der Waals surface area contributed by atoms with Crippen LogP contribution in [0.25, 0.3) is 54.2 Å². The third-order valence-corrected chi connectivity index (χ3v) is 8.16. The summed E-state index contributed by atoms with van der Waals surface area (Å²) in [4.78, 5) is 2.41. The maximum absolute atomic E-state index is 2.41. The van der Waals surface area contributed by atoms with Crippen molar-refractivity contribution in [2.24, 2.45) is 0 Å². The van der Waals surface area contributed by atoms with E-state index in [9.17, 15) is 0 Å². The summed E-state index contributed by atoms with van der Waals surface area (Å²) in [5, 5.41) is 9.95. The highest BCUT2D eigenvalue weighted by Gasteiger charge is 2.18. The standard InChI is InChI=1S/C40H27N/c1-2-16-36(17-3-1)41(40-19-9-15-35-25-30-12-6-7-13-31(30)27-38(35)40)39-18-8-14-34-26-33(22-23-37(34)39)32-21-20-28-10-4-5-11-29(28)24-32/h1-27H. The molecule has 0 amide bonds. The average molecular weight is 522 g/mol. The zero-order chi connectivity index (χ0) is 27.2. The molecule has 8 rings (SSSR count). The molecule has 192 valence electrons. The van der Waals surface area contributed by atoms with Crippen LogP contribution in [0.2, 0.25) is 0 Å². The van der Waals surface area contributed by atoms with Gasteiger partial charge in [0.05, 0.1) is 11.4 Å². The summed E-state index contributed by atoms with van der Waals surface area (Å²) in [5.41, 5.74) is 5.93. The molecule has 0 unspecified atom stereocenters. The lowest BCUT2D eigenvalue weighted by Crippen LogP contribution is -2.11. The summed E-state index contributed by atoms with van der Waals surface area (Å²) in [6.45, 7) is 0. The number of hydrogen-bond donors (Lipinski definition) is 0. The number of benzene rings is 8. The van der Waals surface area contributed by atoms with Crippen LogP contribution in [0.15, 0.2) is 164 Å². The van der Waals surface area contributed by atoms with E-state index in [0.29, 0.717) is 0 Å². The SMILES string of the molecule is c1ccc(N(c2cccc3cc(-c4ccc5ccccc5c4)ccc23)c2cccc3cc4ccccc4cc23)cc1. The largest absolute Gasteiger partial charge is 0.309 e. The minimum atomic E-state index is 1.14. The molecule has 0 saturated carbocycles. The number of nitrogens with zero attached hydrogens (tertiary/aromatic N) is 1. The molecule has 8 aromatic carbocycles. The fourth-order valence-electron chi connectivity index (χ4n) is 6.14. The summed E-state index contributed by atoms with van der Waals surface area (Å²) in [6.07, 6.45) is 0. The van der Waals surface area contributed by atoms with Crippen molar-refractivity contribution in [1.29, 1.82) is 0 Å². The zero-order valence-electron chi connectivity index (χ0n) is 22.5. The van der Waals surface area contributed by atoms with E-state index in [4.69, 9.17) is 0 Å². The second-order valence-electron chi connectivity index (χ2n) is 10.6. The maximum Gasteiger partial charge on any atom is 0.0540 e. The van der Waals surface area contributed by atoms with E-state index in [-0.39, 0.29) is 0 Å². The van der Waals surface area contributed by atoms with Crippen LogP contribution in [0.3, 0.4) is 0 Å². The van der Waals surface area contributed by atoms with Crippen LogP contribution in [0, 0.1) is 0 Å². The van der Waals surface area contributed by atoms with Gasteiger partial charge in [0.2, 0.25) is 0 Å². The van der Waals surface area contributed by atoms with Crippen molar-refractivity contribution < 1.29 is 0 Å². The van der Waals surface area contributed by atoms with Gasteiger partial charge < -0.3 is 4.90 Å². The molecule has 0 bridgehead atoms. The molecule has 0 aromatic heterocycles. The van der Waals surface area contributed by atoms with E-state index in [0.717, 1.165) is 5.69 Å². The lowest BCUT2D eigenvalue weighted by molar-refractivity contribution is 1.31. The molecule has 0 N–H and O–H groups in total. The van der Waals surface area contributed by atoms with Crippen molar-refractivity contribution in [2.75, 3.05) is 4.90 Å². The van der Waals surface area contributed by atoms with Gasteiger partial charge in [-0.1, -0.05) is 115 Å². The Labute approximate surface area is 239 Å². The molecular weight excluding hydrogens is 494 g/mol. The summed E-state index contributed by atoms with van der Waals surface area (Å²) < 4.78 is 0. The normalized spacial score (nSPS) is 11.4. The molecule has 8 aromatic rings. The predicted octanol–water partition coefficient (Wildman–Crippen LogP) is 11.4. The van der Waals surface area contributed by atoms with Crippen molar-refractivity contribution in [3.05, 3.63) is 164 Å². The summed E-state index contributed by atoms with van der Waals surface area (Å²) in [6, 6.07) is 59.4. The quantitative estimate of drug-likeness (QED) is 0.208. The zero-order valence-corrected chi connectivity index (χ0v) is 22.5. The van der Waals surface area contributed by atoms with Crippen molar-refractivity contribution in [1.82, 2.24) is 0 Å². The molecule has 0 spiro atoms. The second kappa shape index (κ2) is 9.66. The number of fused-ring (bicyclic) bond motifs is 4. The maximum atomic E-state index is 2.41. The van der Waals surface area contributed by atoms with Crippen LogP contribution >= 0.6 is 0 Å². The Bertz CT molecular complexity index is 2210. The van der Waals surface area contributed by atoms with Crippen LogP contribution in [0.5, 0.6) is 0 Å². The Balaban J connectivity index is 1.33. The third kappa shape index (κ3) is 4.11. The summed E-state index contributed by atoms with van der Waals surface area (Å²) in [7, 11) is 0. The highest BCUT2D eigenvalue weighted by molar-refractivity contribution is 6.09. The second-order valence-corrected chi connectivity index (χ2v) is 10.6. The molecule has 0 atom stereocenters. The van der Waals surface area contributed by atoms with Crippen LogP contribution in [-0.2, 0) is 0 Å². The Morgan fingerprint density at radius 2 is 0.805 bits per heavy atom. The highest BCUT2D eigenvalue weighted by atomic mass is 15.1. The first-order chi connectivity index (χ1) is 20.3. The first-order valence-electron chi connectivity index (χ1n) is 14.1. The van der Waals surface area contributed by atoms with Crippen LogP contribution < -0.4 is 4.90 Å². The van der Waals surface area contributed by atoms with E-state index in [1.165, 1.54) is 65.6 Å². The minimum absolute atomic E-state index is 1.14. The van der Waals surface area contributed by atoms with Crippen LogP contribution in [0.1, 0.15) is 0 Å². The van der Waals surface area contributed by atoms with Gasteiger partial charge in [0.1, 0.15) is 0 Å². The Hall–Kier alpha value is -5.40. The van der Waals surface area contributed by atoms with E-state index in [2.05, 4.69) is 169 Å². The molecule has 0 aliphatic carbocycles. The molecule has 1 heteroatoms. The first-order valence-corrected chi connectivity index (χ1v) is 14.1. The Morgan fingerprint density at radius 3 is 1.54 bits per heavy atom. The molecule has 41 heavy (non-hydrogen) atoms. The third-order valence-electron chi connectivity index (χ3n) is 8.16. The predicted molar refractivity (Wildman–Crippen MR) is 177 cm³/mol. The van der Waals surface area contributed by atoms with Gasteiger partial charge in [0.15, 0.2) is 0 Å². The molecule has 1 nitrogen and oxygen atoms in total. The molecule has 0 aliphatic heterocycles. The molecule has 0 heterocycles. The van der Waals surface area contributed by atoms with Gasteiger partial charge in [-0.05, 0) is 92.0 Å². The minimum Gasteiger partial charge on any atom is -0.309 e. The molecule has 0 radical (unpaired) electrons. The van der Waals surface area contributed by atoms with Gasteiger partial charge in [0, 0.05) is 16.5 Å². The smallest absolute Gasteiger partial charge is 0.0540 e. The lowest BCUT2D eigenvalue weighted by atomic mass is 9.97. The fraction of sp³-hybridized carbons (Fsp3) is 0. The molecule has 0 saturated heterocycles. The van der Waals surface area contributed by atoms with Gasteiger partial charge >= 0.3 is 0 Å². The summed E-state index contributed by atoms with van der Waals surface area (Å²) in [5.74, 6) is 0. The molecule has 0 aliphatic rings. The van der Waals surface area contributed by atoms with Crippen molar-refractivity contribution in [3.63, 3.8) is 0 Å². The average Bonchev–Trinajstić information content (AvgIpc) is 3.04. The van der Waals surface area contributed by atoms with Crippen molar-refractivity contribution in [3.8, 4) is 11.1 Å². The number of para-hydroxylation sites is 1. The van der Waals surface area contributed by atoms with E-state index in [1.54, 1.807) is 0 Å². The van der Waals surface area contributed by atoms with Gasteiger partial charge in [-0.3, -0.25) is 0 Å². The lowest BCUT2D eigenvalue weighted by Gasteiger charge is -2.28. The van der Waals surface area contributed by atoms with Gasteiger partial charge in [-0.15, -0.1) is 0 Å². The van der Waals surface area contributed by atoms with Crippen LogP contribution in [0.4, 0.5) is 17.1 Å². The van der Waals surface area contributed by atoms with Gasteiger partial charge in [-0.25, -0.2) is 0 Å². The van der Waals surface area contributed by atoms with E-state index < -0.39 is 0 Å². The van der Waals surface area contributed by atoms with Crippen molar-refractivity contribution >= 4 is 60.2 Å².